The first kappa shape index (κ1) is 19.2. The normalized spacial score (nSPS) is 14.6. The summed E-state index contributed by atoms with van der Waals surface area (Å²) in [5.41, 5.74) is 1.66. The lowest BCUT2D eigenvalue weighted by atomic mass is 10.0. The third-order valence-corrected chi connectivity index (χ3v) is 4.98. The minimum Gasteiger partial charge on any atom is -0.489 e. The van der Waals surface area contributed by atoms with Gasteiger partial charge in [0.25, 0.3) is 5.91 Å². The molecule has 1 amide bonds. The molecule has 1 fully saturated rings. The summed E-state index contributed by atoms with van der Waals surface area (Å²) >= 11 is 0. The van der Waals surface area contributed by atoms with E-state index < -0.39 is 0 Å². The van der Waals surface area contributed by atoms with Crippen molar-refractivity contribution in [2.45, 2.75) is 45.3 Å². The van der Waals surface area contributed by atoms with Gasteiger partial charge in [0.1, 0.15) is 18.4 Å². The Kier molecular flexibility index (Phi) is 5.60. The van der Waals surface area contributed by atoms with Crippen molar-refractivity contribution in [1.82, 2.24) is 15.5 Å². The number of nitrogens with zero attached hydrogens (tertiary/aromatic N) is 2. The van der Waals surface area contributed by atoms with E-state index in [-0.39, 0.29) is 17.9 Å². The molecular formula is C23H25N3O3. The van der Waals surface area contributed by atoms with E-state index in [0.29, 0.717) is 24.0 Å². The Morgan fingerprint density at radius 2 is 1.86 bits per heavy atom. The molecule has 1 saturated carbocycles. The average molecular weight is 391 g/mol. The molecule has 0 radical (unpaired) electrons. The van der Waals surface area contributed by atoms with Crippen LogP contribution in [0.5, 0.6) is 5.75 Å². The van der Waals surface area contributed by atoms with Crippen molar-refractivity contribution in [3.8, 4) is 5.75 Å². The highest BCUT2D eigenvalue weighted by Gasteiger charge is 2.31. The molecule has 1 unspecified atom stereocenters. The number of amides is 1. The zero-order valence-corrected chi connectivity index (χ0v) is 16.7. The average Bonchev–Trinajstić information content (AvgIpc) is 3.48. The van der Waals surface area contributed by atoms with Gasteiger partial charge in [0.2, 0.25) is 5.89 Å². The Morgan fingerprint density at radius 3 is 2.52 bits per heavy atom. The second kappa shape index (κ2) is 8.47. The maximum absolute atomic E-state index is 12.7. The van der Waals surface area contributed by atoms with Gasteiger partial charge in [-0.3, -0.25) is 4.79 Å². The Balaban J connectivity index is 1.38. The van der Waals surface area contributed by atoms with Crippen LogP contribution in [0.3, 0.4) is 0 Å². The van der Waals surface area contributed by atoms with E-state index in [9.17, 15) is 4.79 Å². The monoisotopic (exact) mass is 391 g/mol. The first-order chi connectivity index (χ1) is 14.1. The Hall–Kier alpha value is -3.15. The molecule has 1 heterocycles. The van der Waals surface area contributed by atoms with Gasteiger partial charge in [0.15, 0.2) is 5.82 Å². The van der Waals surface area contributed by atoms with E-state index in [1.165, 1.54) is 0 Å². The lowest BCUT2D eigenvalue weighted by Gasteiger charge is -2.18. The largest absolute Gasteiger partial charge is 0.489 e. The van der Waals surface area contributed by atoms with Crippen molar-refractivity contribution in [2.75, 3.05) is 0 Å². The summed E-state index contributed by atoms with van der Waals surface area (Å²) in [6.07, 6.45) is 2.22. The zero-order valence-electron chi connectivity index (χ0n) is 16.7. The topological polar surface area (TPSA) is 77.2 Å². The number of rotatable bonds is 8. The lowest BCUT2D eigenvalue weighted by Crippen LogP contribution is -2.32. The maximum Gasteiger partial charge on any atom is 0.251 e. The summed E-state index contributed by atoms with van der Waals surface area (Å²) < 4.78 is 11.2. The molecule has 0 saturated heterocycles. The van der Waals surface area contributed by atoms with Crippen LogP contribution in [0.25, 0.3) is 0 Å². The smallest absolute Gasteiger partial charge is 0.251 e. The first-order valence-corrected chi connectivity index (χ1v) is 10.0. The van der Waals surface area contributed by atoms with E-state index >= 15 is 0 Å². The van der Waals surface area contributed by atoms with Crippen molar-refractivity contribution >= 4 is 5.91 Å². The molecule has 6 heteroatoms. The van der Waals surface area contributed by atoms with Crippen LogP contribution in [-0.4, -0.2) is 16.0 Å². The van der Waals surface area contributed by atoms with Crippen LogP contribution < -0.4 is 10.1 Å². The number of ether oxygens (including phenoxy) is 1. The Bertz CT molecular complexity index is 947. The second-order valence-corrected chi connectivity index (χ2v) is 7.76. The highest BCUT2D eigenvalue weighted by molar-refractivity contribution is 5.94. The van der Waals surface area contributed by atoms with Crippen molar-refractivity contribution in [3.63, 3.8) is 0 Å². The van der Waals surface area contributed by atoms with Gasteiger partial charge < -0.3 is 14.6 Å². The number of hydrogen-bond acceptors (Lipinski definition) is 5. The summed E-state index contributed by atoms with van der Waals surface area (Å²) in [5, 5.41) is 7.09. The minimum atomic E-state index is -0.323. The predicted molar refractivity (Wildman–Crippen MR) is 109 cm³/mol. The molecule has 4 rings (SSSR count). The summed E-state index contributed by atoms with van der Waals surface area (Å²) in [5.74, 6) is 2.30. The van der Waals surface area contributed by atoms with Crippen LogP contribution >= 0.6 is 0 Å². The van der Waals surface area contributed by atoms with E-state index in [1.807, 2.05) is 44.2 Å². The SMILES string of the molecule is CC(C)C(NC(=O)c1ccc(OCc2ccccc2)cc1)c1nc(C2CC2)no1. The molecule has 1 N–H and O–H groups in total. The van der Waals surface area contributed by atoms with E-state index in [4.69, 9.17) is 9.26 Å². The van der Waals surface area contributed by atoms with E-state index in [2.05, 4.69) is 15.5 Å². The van der Waals surface area contributed by atoms with Gasteiger partial charge in [0, 0.05) is 11.5 Å². The molecule has 0 spiro atoms. The fraction of sp³-hybridized carbons (Fsp3) is 0.348. The molecule has 0 bridgehead atoms. The number of carbonyl (C=O) groups is 1. The third-order valence-electron chi connectivity index (χ3n) is 4.98. The van der Waals surface area contributed by atoms with Gasteiger partial charge in [-0.2, -0.15) is 4.98 Å². The van der Waals surface area contributed by atoms with Crippen LogP contribution in [0.2, 0.25) is 0 Å². The number of nitrogens with one attached hydrogen (secondary N) is 1. The molecule has 1 aliphatic rings. The van der Waals surface area contributed by atoms with E-state index in [0.717, 1.165) is 30.0 Å². The van der Waals surface area contributed by atoms with Crippen molar-refractivity contribution in [3.05, 3.63) is 77.4 Å². The summed E-state index contributed by atoms with van der Waals surface area (Å²) in [6, 6.07) is 16.8. The highest BCUT2D eigenvalue weighted by atomic mass is 16.5. The van der Waals surface area contributed by atoms with Gasteiger partial charge in [-0.25, -0.2) is 0 Å². The van der Waals surface area contributed by atoms with Crippen LogP contribution in [-0.2, 0) is 6.61 Å². The number of carbonyl (C=O) groups excluding carboxylic acids is 1. The molecule has 150 valence electrons. The number of aromatic nitrogens is 2. The fourth-order valence-electron chi connectivity index (χ4n) is 3.06. The zero-order chi connectivity index (χ0) is 20.2. The Morgan fingerprint density at radius 1 is 1.14 bits per heavy atom. The molecule has 2 aromatic carbocycles. The maximum atomic E-state index is 12.7. The fourth-order valence-corrected chi connectivity index (χ4v) is 3.06. The molecule has 29 heavy (non-hydrogen) atoms. The quantitative estimate of drug-likeness (QED) is 0.605. The van der Waals surface area contributed by atoms with Crippen molar-refractivity contribution in [1.29, 1.82) is 0 Å². The minimum absolute atomic E-state index is 0.125. The molecule has 3 aromatic rings. The molecule has 0 aliphatic heterocycles. The molecule has 1 atom stereocenters. The third kappa shape index (κ3) is 4.83. The lowest BCUT2D eigenvalue weighted by molar-refractivity contribution is 0.0914. The van der Waals surface area contributed by atoms with Crippen LogP contribution in [0.4, 0.5) is 0 Å². The number of benzene rings is 2. The van der Waals surface area contributed by atoms with E-state index in [1.54, 1.807) is 24.3 Å². The Labute approximate surface area is 170 Å². The van der Waals surface area contributed by atoms with Crippen molar-refractivity contribution in [2.24, 2.45) is 5.92 Å². The summed E-state index contributed by atoms with van der Waals surface area (Å²) in [7, 11) is 0. The summed E-state index contributed by atoms with van der Waals surface area (Å²) in [6.45, 7) is 4.53. The van der Waals surface area contributed by atoms with Gasteiger partial charge in [0.05, 0.1) is 0 Å². The number of hydrogen-bond donors (Lipinski definition) is 1. The second-order valence-electron chi connectivity index (χ2n) is 7.76. The molecule has 1 aliphatic carbocycles. The first-order valence-electron chi connectivity index (χ1n) is 10.0. The van der Waals surface area contributed by atoms with Crippen LogP contribution in [0.1, 0.15) is 66.3 Å². The van der Waals surface area contributed by atoms with Gasteiger partial charge in [-0.1, -0.05) is 49.3 Å². The molecular weight excluding hydrogens is 366 g/mol. The van der Waals surface area contributed by atoms with Gasteiger partial charge in [-0.05, 0) is 48.6 Å². The standard InChI is InChI=1S/C23H25N3O3/c1-15(2)20(23-25-21(26-29-23)17-8-9-17)24-22(27)18-10-12-19(13-11-18)28-14-16-6-4-3-5-7-16/h3-7,10-13,15,17,20H,8-9,14H2,1-2H3,(H,24,27). The van der Waals surface area contributed by atoms with Crippen molar-refractivity contribution < 1.29 is 14.1 Å². The van der Waals surface area contributed by atoms with Crippen LogP contribution in [0.15, 0.2) is 59.1 Å². The van der Waals surface area contributed by atoms with Crippen LogP contribution in [0, 0.1) is 5.92 Å². The van der Waals surface area contributed by atoms with Gasteiger partial charge in [-0.15, -0.1) is 0 Å². The summed E-state index contributed by atoms with van der Waals surface area (Å²) in [4.78, 5) is 17.2. The molecule has 6 nitrogen and oxygen atoms in total. The van der Waals surface area contributed by atoms with Gasteiger partial charge >= 0.3 is 0 Å². The highest BCUT2D eigenvalue weighted by Crippen LogP contribution is 2.38. The molecule has 1 aromatic heterocycles. The predicted octanol–water partition coefficient (Wildman–Crippen LogP) is 4.65.